The van der Waals surface area contributed by atoms with Crippen LogP contribution in [0.1, 0.15) is 33.4 Å². The summed E-state index contributed by atoms with van der Waals surface area (Å²) in [4.78, 5) is 23.3. The van der Waals surface area contributed by atoms with Gasteiger partial charge in [-0.05, 0) is 111 Å². The van der Waals surface area contributed by atoms with Crippen molar-refractivity contribution < 1.29 is 77.8 Å². The summed E-state index contributed by atoms with van der Waals surface area (Å²) in [5, 5.41) is 0. The molecule has 0 saturated carbocycles. The molecule has 23 heteroatoms. The van der Waals surface area contributed by atoms with Gasteiger partial charge >= 0.3 is 82.5 Å². The molecular formula is C36H46F12N6NiO2P2. The maximum absolute atomic E-state index is 10.7. The summed E-state index contributed by atoms with van der Waals surface area (Å²) in [5.41, 5.74) is 7.26. The average Bonchev–Trinajstić information content (AvgIpc) is 3.06. The molecule has 8 nitrogen and oxygen atoms in total. The van der Waals surface area contributed by atoms with E-state index < -0.39 is 15.6 Å². The van der Waals surface area contributed by atoms with Crippen LogP contribution in [0.15, 0.2) is 147 Å². The van der Waals surface area contributed by atoms with Crippen molar-refractivity contribution in [2.45, 2.75) is 41.5 Å². The van der Waals surface area contributed by atoms with E-state index in [1.807, 2.05) is 152 Å². The fourth-order valence-electron chi connectivity index (χ4n) is 2.69. The van der Waals surface area contributed by atoms with Crippen LogP contribution in [0, 0.1) is 41.5 Å². The number of rotatable bonds is 0. The number of aryl methyl sites for hydroxylation is 6. The molecule has 0 saturated heterocycles. The van der Waals surface area contributed by atoms with Crippen LogP contribution < -0.4 is 0 Å². The molecule has 6 heterocycles. The van der Waals surface area contributed by atoms with Crippen LogP contribution in [0.2, 0.25) is 0 Å². The van der Waals surface area contributed by atoms with Gasteiger partial charge in [-0.25, -0.2) is 0 Å². The molecular weight excluding hydrogens is 897 g/mol. The predicted molar refractivity (Wildman–Crippen MR) is 208 cm³/mol. The minimum Gasteiger partial charge on any atom is -0.412 e. The van der Waals surface area contributed by atoms with E-state index in [2.05, 4.69) is 29.9 Å². The molecule has 0 bridgehead atoms. The van der Waals surface area contributed by atoms with E-state index in [0.29, 0.717) is 0 Å². The second kappa shape index (κ2) is 27.2. The van der Waals surface area contributed by atoms with Gasteiger partial charge in [-0.3, -0.25) is 29.9 Å². The SMILES string of the molecule is Cc1cccnc1.Cc1cccnc1.Cc1cccnc1.Cc1cccnc1.Cc1cccnc1.Cc1cccnc1.F[P-](F)(F)(F)(F)F.F[P-](F)(F)(F)(F)F.O.O.[Ni+2]. The van der Waals surface area contributed by atoms with Gasteiger partial charge in [0.25, 0.3) is 0 Å². The number of pyridine rings is 6. The van der Waals surface area contributed by atoms with Crippen LogP contribution in [0.5, 0.6) is 0 Å². The first kappa shape index (κ1) is 63.5. The zero-order chi connectivity index (χ0) is 43.5. The van der Waals surface area contributed by atoms with E-state index in [4.69, 9.17) is 0 Å². The zero-order valence-corrected chi connectivity index (χ0v) is 35.1. The van der Waals surface area contributed by atoms with Gasteiger partial charge in [0.2, 0.25) is 0 Å². The number of halogens is 12. The molecule has 0 aliphatic heterocycles. The van der Waals surface area contributed by atoms with Crippen LogP contribution >= 0.6 is 15.6 Å². The Balaban J connectivity index is -0.000000187. The fraction of sp³-hybridized carbons (Fsp3) is 0.167. The Morgan fingerprint density at radius 2 is 0.390 bits per heavy atom. The third-order valence-electron chi connectivity index (χ3n) is 4.86. The average molecular weight is 943 g/mol. The van der Waals surface area contributed by atoms with Gasteiger partial charge in [0.15, 0.2) is 0 Å². The molecule has 0 fully saturated rings. The van der Waals surface area contributed by atoms with E-state index in [-0.39, 0.29) is 27.4 Å². The minimum absolute atomic E-state index is 0. The van der Waals surface area contributed by atoms with Crippen molar-refractivity contribution in [3.63, 3.8) is 0 Å². The molecule has 0 aliphatic carbocycles. The normalized spacial score (nSPS) is 11.7. The van der Waals surface area contributed by atoms with Gasteiger partial charge < -0.3 is 11.0 Å². The third-order valence-corrected chi connectivity index (χ3v) is 4.86. The molecule has 0 atom stereocenters. The number of nitrogens with zero attached hydrogens (tertiary/aromatic N) is 6. The van der Waals surface area contributed by atoms with E-state index in [9.17, 15) is 50.4 Å². The first-order chi connectivity index (χ1) is 25.3. The Morgan fingerprint density at radius 1 is 0.288 bits per heavy atom. The molecule has 0 amide bonds. The molecule has 6 rings (SSSR count). The van der Waals surface area contributed by atoms with Crippen LogP contribution in [0.25, 0.3) is 0 Å². The Hall–Kier alpha value is -4.67. The summed E-state index contributed by atoms with van der Waals surface area (Å²) < 4.78 is 118. The maximum Gasteiger partial charge on any atom is 2.00 e. The van der Waals surface area contributed by atoms with Gasteiger partial charge in [0, 0.05) is 74.4 Å². The van der Waals surface area contributed by atoms with E-state index in [1.54, 1.807) is 37.2 Å². The zero-order valence-electron chi connectivity index (χ0n) is 32.3. The van der Waals surface area contributed by atoms with Crippen molar-refractivity contribution in [2.75, 3.05) is 0 Å². The molecule has 4 N–H and O–H groups in total. The molecule has 0 radical (unpaired) electrons. The second-order valence-corrected chi connectivity index (χ2v) is 14.9. The van der Waals surface area contributed by atoms with Crippen molar-refractivity contribution in [2.24, 2.45) is 0 Å². The molecule has 6 aromatic heterocycles. The Labute approximate surface area is 344 Å². The summed E-state index contributed by atoms with van der Waals surface area (Å²) in [6, 6.07) is 23.7. The first-order valence-electron chi connectivity index (χ1n) is 15.6. The number of aromatic nitrogens is 6. The minimum atomic E-state index is -10.7. The van der Waals surface area contributed by atoms with Gasteiger partial charge in [-0.1, -0.05) is 36.4 Å². The van der Waals surface area contributed by atoms with E-state index in [0.717, 1.165) is 0 Å². The quantitative estimate of drug-likeness (QED) is 0.0843. The van der Waals surface area contributed by atoms with Crippen LogP contribution in [-0.4, -0.2) is 40.9 Å². The molecule has 0 unspecified atom stereocenters. The summed E-state index contributed by atoms with van der Waals surface area (Å²) in [6.07, 6.45) is 21.6. The van der Waals surface area contributed by atoms with Gasteiger partial charge in [0.1, 0.15) is 0 Å². The molecule has 336 valence electrons. The van der Waals surface area contributed by atoms with Crippen molar-refractivity contribution in [1.29, 1.82) is 0 Å². The Kier molecular flexibility index (Phi) is 29.2. The fourth-order valence-corrected chi connectivity index (χ4v) is 2.69. The van der Waals surface area contributed by atoms with E-state index >= 15 is 0 Å². The summed E-state index contributed by atoms with van der Waals surface area (Å²) in [7, 11) is -21.3. The summed E-state index contributed by atoms with van der Waals surface area (Å²) in [5.74, 6) is 0. The smallest absolute Gasteiger partial charge is 0.412 e. The molecule has 0 aromatic carbocycles. The molecule has 59 heavy (non-hydrogen) atoms. The van der Waals surface area contributed by atoms with Gasteiger partial charge in [-0.2, -0.15) is 0 Å². The Morgan fingerprint density at radius 3 is 0.424 bits per heavy atom. The third kappa shape index (κ3) is 74.8. The van der Waals surface area contributed by atoms with Crippen molar-refractivity contribution in [3.8, 4) is 0 Å². The number of hydrogen-bond donors (Lipinski definition) is 0. The Bertz CT molecular complexity index is 1530. The predicted octanol–water partition coefficient (Wildman–Crippen LogP) is 13.5. The topological polar surface area (TPSA) is 140 Å². The van der Waals surface area contributed by atoms with Crippen LogP contribution in [0.4, 0.5) is 50.4 Å². The van der Waals surface area contributed by atoms with Crippen LogP contribution in [-0.2, 0) is 16.5 Å². The van der Waals surface area contributed by atoms with Crippen molar-refractivity contribution in [1.82, 2.24) is 29.9 Å². The maximum atomic E-state index is 9.87. The largest absolute Gasteiger partial charge is 2.00 e. The molecule has 0 spiro atoms. The first-order valence-corrected chi connectivity index (χ1v) is 19.6. The van der Waals surface area contributed by atoms with E-state index in [1.165, 1.54) is 33.4 Å². The monoisotopic (exact) mass is 942 g/mol. The summed E-state index contributed by atoms with van der Waals surface area (Å²) in [6.45, 7) is 12.1. The molecule has 6 aromatic rings. The standard InChI is InChI=1S/6C6H7N.2F6P.Ni.2H2O/c6*1-6-3-2-4-7-5-6;2*1-7(2,3,4,5)6;;;/h6*2-5H,1H3;;;;2*1H2/q;;;;;;2*-1;+2;;. The number of hydrogen-bond acceptors (Lipinski definition) is 6. The van der Waals surface area contributed by atoms with Gasteiger partial charge in [-0.15, -0.1) is 0 Å². The van der Waals surface area contributed by atoms with Crippen molar-refractivity contribution >= 4 is 15.6 Å². The van der Waals surface area contributed by atoms with Crippen molar-refractivity contribution in [3.05, 3.63) is 181 Å². The molecule has 0 aliphatic rings. The van der Waals surface area contributed by atoms with Gasteiger partial charge in [0.05, 0.1) is 0 Å². The summed E-state index contributed by atoms with van der Waals surface area (Å²) >= 11 is 0. The second-order valence-electron chi connectivity index (χ2n) is 11.1. The van der Waals surface area contributed by atoms with Crippen LogP contribution in [0.3, 0.4) is 0 Å².